The van der Waals surface area contributed by atoms with Gasteiger partial charge in [-0.15, -0.1) is 0 Å². The van der Waals surface area contributed by atoms with Crippen LogP contribution in [-0.4, -0.2) is 42.3 Å². The van der Waals surface area contributed by atoms with Crippen LogP contribution in [0, 0.1) is 5.92 Å². The molecule has 2 rings (SSSR count). The summed E-state index contributed by atoms with van der Waals surface area (Å²) in [6.45, 7) is 4.04. The van der Waals surface area contributed by atoms with Crippen molar-refractivity contribution in [2.75, 3.05) is 19.7 Å². The number of nitrogens with two attached hydrogens (primary N) is 1. The van der Waals surface area contributed by atoms with Crippen LogP contribution >= 0.6 is 0 Å². The Morgan fingerprint density at radius 2 is 2.00 bits per heavy atom. The quantitative estimate of drug-likeness (QED) is 0.704. The fraction of sp³-hybridized carbons (Fsp3) is 0.882. The fourth-order valence-electron chi connectivity index (χ4n) is 3.80. The average molecular weight is 325 g/mol. The van der Waals surface area contributed by atoms with Crippen LogP contribution in [0.15, 0.2) is 0 Å². The van der Waals surface area contributed by atoms with Gasteiger partial charge in [-0.1, -0.05) is 32.6 Å². The molecule has 0 aromatic heterocycles. The van der Waals surface area contributed by atoms with E-state index in [1.54, 1.807) is 0 Å². The van der Waals surface area contributed by atoms with Gasteiger partial charge >= 0.3 is 6.09 Å². The summed E-state index contributed by atoms with van der Waals surface area (Å²) in [6.07, 6.45) is 8.90. The molecule has 2 aliphatic rings. The smallest absolute Gasteiger partial charge is 0.409 e. The van der Waals surface area contributed by atoms with Crippen LogP contribution in [0.1, 0.15) is 64.7 Å². The Labute approximate surface area is 139 Å². The number of likely N-dealkylation sites (tertiary alicyclic amines) is 1. The molecule has 1 atom stereocenters. The van der Waals surface area contributed by atoms with Gasteiger partial charge in [-0.3, -0.25) is 15.0 Å². The summed E-state index contributed by atoms with van der Waals surface area (Å²) in [7, 11) is 0. The van der Waals surface area contributed by atoms with Gasteiger partial charge < -0.3 is 10.5 Å². The summed E-state index contributed by atoms with van der Waals surface area (Å²) in [6, 6.07) is 0. The predicted molar refractivity (Wildman–Crippen MR) is 88.7 cm³/mol. The number of alkyl carbamates (subject to hydrolysis) is 1. The molecule has 1 heterocycles. The van der Waals surface area contributed by atoms with E-state index in [-0.39, 0.29) is 0 Å². The first kappa shape index (κ1) is 18.0. The molecule has 6 nitrogen and oxygen atoms in total. The monoisotopic (exact) mass is 325 g/mol. The van der Waals surface area contributed by atoms with Gasteiger partial charge in [0.1, 0.15) is 0 Å². The second kappa shape index (κ2) is 8.52. The van der Waals surface area contributed by atoms with Crippen molar-refractivity contribution in [1.29, 1.82) is 0 Å². The van der Waals surface area contributed by atoms with Crippen LogP contribution in [0.4, 0.5) is 4.79 Å². The molecule has 0 radical (unpaired) electrons. The molecule has 0 aromatic rings. The number of hydrogen-bond donors (Lipinski definition) is 2. The van der Waals surface area contributed by atoms with Gasteiger partial charge in [0.2, 0.25) is 0 Å². The third-order valence-corrected chi connectivity index (χ3v) is 5.16. The van der Waals surface area contributed by atoms with Gasteiger partial charge in [0.25, 0.3) is 5.91 Å². The van der Waals surface area contributed by atoms with Gasteiger partial charge in [-0.25, -0.2) is 4.79 Å². The molecule has 1 saturated heterocycles. The minimum Gasteiger partial charge on any atom is -0.450 e. The maximum absolute atomic E-state index is 12.2. The highest BCUT2D eigenvalue weighted by atomic mass is 16.5. The molecule has 0 spiro atoms. The lowest BCUT2D eigenvalue weighted by Crippen LogP contribution is -2.65. The molecule has 2 fully saturated rings. The third-order valence-electron chi connectivity index (χ3n) is 5.16. The number of rotatable bonds is 7. The lowest BCUT2D eigenvalue weighted by molar-refractivity contribution is -0.130. The lowest BCUT2D eigenvalue weighted by Gasteiger charge is -2.38. The molecule has 6 heteroatoms. The van der Waals surface area contributed by atoms with Crippen molar-refractivity contribution in [3.05, 3.63) is 0 Å². The summed E-state index contributed by atoms with van der Waals surface area (Å²) in [5.41, 5.74) is 4.61. The number of amides is 2. The summed E-state index contributed by atoms with van der Waals surface area (Å²) < 4.78 is 5.17. The number of nitrogens with zero attached hydrogens (tertiary/aromatic N) is 1. The van der Waals surface area contributed by atoms with Crippen molar-refractivity contribution >= 4 is 12.0 Å². The molecule has 23 heavy (non-hydrogen) atoms. The van der Waals surface area contributed by atoms with Crippen LogP contribution in [-0.2, 0) is 9.53 Å². The molecule has 1 aliphatic heterocycles. The van der Waals surface area contributed by atoms with E-state index in [4.69, 9.17) is 10.5 Å². The largest absolute Gasteiger partial charge is 0.450 e. The topological polar surface area (TPSA) is 84.7 Å². The number of unbranched alkanes of at least 4 members (excludes halogenated alkanes) is 1. The highest BCUT2D eigenvalue weighted by Gasteiger charge is 2.48. The summed E-state index contributed by atoms with van der Waals surface area (Å²) >= 11 is 0. The minimum absolute atomic E-state index is 0.375. The summed E-state index contributed by atoms with van der Waals surface area (Å²) in [5, 5.41) is 2.78. The van der Waals surface area contributed by atoms with Crippen LogP contribution < -0.4 is 11.1 Å². The molecule has 1 aliphatic carbocycles. The molecule has 2 amide bonds. The number of carbonyl (C=O) groups is 2. The number of hydrogen-bond acceptors (Lipinski definition) is 4. The van der Waals surface area contributed by atoms with Crippen molar-refractivity contribution in [2.24, 2.45) is 11.7 Å². The Bertz CT molecular complexity index is 410. The van der Waals surface area contributed by atoms with Gasteiger partial charge in [0, 0.05) is 13.1 Å². The molecule has 0 aromatic carbocycles. The number of primary amides is 1. The van der Waals surface area contributed by atoms with E-state index in [0.717, 1.165) is 32.4 Å². The Morgan fingerprint density at radius 3 is 2.65 bits per heavy atom. The van der Waals surface area contributed by atoms with E-state index >= 15 is 0 Å². The Kier molecular flexibility index (Phi) is 6.69. The molecule has 0 bridgehead atoms. The minimum atomic E-state index is -1.07. The van der Waals surface area contributed by atoms with Crippen molar-refractivity contribution in [1.82, 2.24) is 10.2 Å². The van der Waals surface area contributed by atoms with Crippen molar-refractivity contribution in [3.63, 3.8) is 0 Å². The highest BCUT2D eigenvalue weighted by molar-refractivity contribution is 5.88. The second-order valence-electron chi connectivity index (χ2n) is 6.89. The molecular formula is C17H31N3O3. The maximum atomic E-state index is 12.2. The molecule has 132 valence electrons. The van der Waals surface area contributed by atoms with Crippen LogP contribution in [0.5, 0.6) is 0 Å². The Morgan fingerprint density at radius 1 is 1.26 bits per heavy atom. The Balaban J connectivity index is 1.98. The van der Waals surface area contributed by atoms with Gasteiger partial charge in [-0.2, -0.15) is 0 Å². The first-order chi connectivity index (χ1) is 11.1. The number of nitrogens with one attached hydrogen (secondary N) is 1. The number of ether oxygens (including phenoxy) is 1. The SMILES string of the molecule is CCCCOC(=O)N[C@@]1(C(N)=O)CCCN1CC1CCCCC1. The molecule has 3 N–H and O–H groups in total. The first-order valence-electron chi connectivity index (χ1n) is 9.08. The van der Waals surface area contributed by atoms with Crippen molar-refractivity contribution < 1.29 is 14.3 Å². The standard InChI is InChI=1S/C17H31N3O3/c1-2-3-12-23-16(22)19-17(15(18)21)10-7-11-20(17)13-14-8-5-4-6-9-14/h14H,2-13H2,1H3,(H2,18,21)(H,19,22)/t17-/m0/s1. The number of carbonyl (C=O) groups excluding carboxylic acids is 2. The second-order valence-corrected chi connectivity index (χ2v) is 6.89. The van der Waals surface area contributed by atoms with Gasteiger partial charge in [0.15, 0.2) is 5.66 Å². The normalized spacial score (nSPS) is 26.1. The van der Waals surface area contributed by atoms with Crippen molar-refractivity contribution in [3.8, 4) is 0 Å². The average Bonchev–Trinajstić information content (AvgIpc) is 2.92. The lowest BCUT2D eigenvalue weighted by atomic mass is 9.88. The van der Waals surface area contributed by atoms with Crippen LogP contribution in [0.2, 0.25) is 0 Å². The molecule has 0 unspecified atom stereocenters. The Hall–Kier alpha value is -1.30. The van der Waals surface area contributed by atoms with E-state index in [9.17, 15) is 9.59 Å². The first-order valence-corrected chi connectivity index (χ1v) is 9.08. The predicted octanol–water partition coefficient (Wildman–Crippen LogP) is 2.37. The molecule has 1 saturated carbocycles. The van der Waals surface area contributed by atoms with E-state index < -0.39 is 17.7 Å². The summed E-state index contributed by atoms with van der Waals surface area (Å²) in [4.78, 5) is 26.3. The fourth-order valence-corrected chi connectivity index (χ4v) is 3.80. The van der Waals surface area contributed by atoms with E-state index in [1.165, 1.54) is 32.1 Å². The van der Waals surface area contributed by atoms with Gasteiger partial charge in [0.05, 0.1) is 6.61 Å². The van der Waals surface area contributed by atoms with Crippen molar-refractivity contribution in [2.45, 2.75) is 70.4 Å². The zero-order valence-corrected chi connectivity index (χ0v) is 14.3. The van der Waals surface area contributed by atoms with Crippen LogP contribution in [0.25, 0.3) is 0 Å². The summed E-state index contributed by atoms with van der Waals surface area (Å²) in [5.74, 6) is 0.122. The van der Waals surface area contributed by atoms with Gasteiger partial charge in [-0.05, 0) is 38.0 Å². The van der Waals surface area contributed by atoms with E-state index in [1.807, 2.05) is 6.92 Å². The molecular weight excluding hydrogens is 294 g/mol. The zero-order chi connectivity index (χ0) is 16.7. The highest BCUT2D eigenvalue weighted by Crippen LogP contribution is 2.32. The zero-order valence-electron chi connectivity index (χ0n) is 14.3. The van der Waals surface area contributed by atoms with E-state index in [2.05, 4.69) is 10.2 Å². The third kappa shape index (κ3) is 4.59. The van der Waals surface area contributed by atoms with Crippen LogP contribution in [0.3, 0.4) is 0 Å². The maximum Gasteiger partial charge on any atom is 0.409 e. The van der Waals surface area contributed by atoms with E-state index in [0.29, 0.717) is 18.9 Å².